The Kier molecular flexibility index (Phi) is 3.97. The summed E-state index contributed by atoms with van der Waals surface area (Å²) in [4.78, 5) is 13.4. The zero-order valence-corrected chi connectivity index (χ0v) is 11.2. The van der Waals surface area contributed by atoms with Crippen molar-refractivity contribution in [2.75, 3.05) is 18.6 Å². The highest BCUT2D eigenvalue weighted by Crippen LogP contribution is 2.33. The number of anilines is 2. The lowest BCUT2D eigenvalue weighted by Gasteiger charge is -2.08. The summed E-state index contributed by atoms with van der Waals surface area (Å²) in [6.45, 7) is 0. The van der Waals surface area contributed by atoms with Crippen molar-refractivity contribution in [2.45, 2.75) is 9.79 Å². The second kappa shape index (κ2) is 5.67. The largest absolute Gasteiger partial charge is 0.465 e. The van der Waals surface area contributed by atoms with Crippen LogP contribution in [0.5, 0.6) is 0 Å². The maximum absolute atomic E-state index is 11.7. The van der Waals surface area contributed by atoms with Crippen LogP contribution in [0, 0.1) is 0 Å². The summed E-state index contributed by atoms with van der Waals surface area (Å²) in [7, 11) is 1.37. The topological polar surface area (TPSA) is 78.3 Å². The Balaban J connectivity index is 2.32. The molecule has 0 fully saturated rings. The maximum atomic E-state index is 11.7. The highest BCUT2D eigenvalue weighted by Gasteiger charge is 2.12. The van der Waals surface area contributed by atoms with Gasteiger partial charge in [0.2, 0.25) is 0 Å². The van der Waals surface area contributed by atoms with E-state index in [1.807, 2.05) is 18.2 Å². The van der Waals surface area contributed by atoms with Crippen molar-refractivity contribution in [3.05, 3.63) is 48.0 Å². The molecule has 0 radical (unpaired) electrons. The van der Waals surface area contributed by atoms with Crippen LogP contribution in [0.15, 0.2) is 52.3 Å². The first-order chi connectivity index (χ1) is 9.11. The van der Waals surface area contributed by atoms with E-state index in [4.69, 9.17) is 16.2 Å². The summed E-state index contributed by atoms with van der Waals surface area (Å²) in [5, 5.41) is 0. The highest BCUT2D eigenvalue weighted by molar-refractivity contribution is 7.99. The van der Waals surface area contributed by atoms with Crippen molar-refractivity contribution in [3.63, 3.8) is 0 Å². The van der Waals surface area contributed by atoms with E-state index < -0.39 is 0 Å². The molecule has 98 valence electrons. The zero-order chi connectivity index (χ0) is 13.8. The number of carbonyl (C=O) groups excluding carboxylic acids is 1. The van der Waals surface area contributed by atoms with Gasteiger partial charge >= 0.3 is 5.97 Å². The average Bonchev–Trinajstić information content (AvgIpc) is 2.43. The Morgan fingerprint density at radius 2 is 1.84 bits per heavy atom. The second-order valence-electron chi connectivity index (χ2n) is 3.88. The highest BCUT2D eigenvalue weighted by atomic mass is 32.2. The third kappa shape index (κ3) is 3.00. The Bertz CT molecular complexity index is 614. The van der Waals surface area contributed by atoms with Gasteiger partial charge in [-0.05, 0) is 30.3 Å². The van der Waals surface area contributed by atoms with E-state index in [2.05, 4.69) is 0 Å². The number of ether oxygens (including phenoxy) is 1. The van der Waals surface area contributed by atoms with Crippen LogP contribution in [0.1, 0.15) is 10.4 Å². The zero-order valence-electron chi connectivity index (χ0n) is 10.4. The Morgan fingerprint density at radius 1 is 1.11 bits per heavy atom. The third-order valence-corrected chi connectivity index (χ3v) is 3.64. The van der Waals surface area contributed by atoms with E-state index in [9.17, 15) is 4.79 Å². The van der Waals surface area contributed by atoms with Crippen molar-refractivity contribution in [1.29, 1.82) is 0 Å². The number of hydrogen-bond donors (Lipinski definition) is 2. The number of hydrogen-bond acceptors (Lipinski definition) is 5. The fourth-order valence-corrected chi connectivity index (χ4v) is 2.56. The number of methoxy groups -OCH3 is 1. The first-order valence-electron chi connectivity index (χ1n) is 5.62. The molecule has 0 aromatic heterocycles. The molecule has 0 aliphatic rings. The van der Waals surface area contributed by atoms with Gasteiger partial charge in [-0.1, -0.05) is 23.9 Å². The van der Waals surface area contributed by atoms with Crippen LogP contribution in [-0.2, 0) is 4.74 Å². The molecular weight excluding hydrogens is 260 g/mol. The minimum atomic E-state index is -0.355. The molecule has 2 rings (SSSR count). The van der Waals surface area contributed by atoms with E-state index in [-0.39, 0.29) is 5.97 Å². The lowest BCUT2D eigenvalue weighted by Crippen LogP contribution is -2.02. The summed E-state index contributed by atoms with van der Waals surface area (Å²) >= 11 is 1.44. The van der Waals surface area contributed by atoms with E-state index in [1.165, 1.54) is 18.9 Å². The molecule has 0 heterocycles. The molecule has 4 nitrogen and oxygen atoms in total. The summed E-state index contributed by atoms with van der Waals surface area (Å²) in [5.41, 5.74) is 13.0. The van der Waals surface area contributed by atoms with E-state index in [0.29, 0.717) is 16.9 Å². The molecule has 0 amide bonds. The van der Waals surface area contributed by atoms with Crippen molar-refractivity contribution in [1.82, 2.24) is 0 Å². The quantitative estimate of drug-likeness (QED) is 0.664. The van der Waals surface area contributed by atoms with Crippen LogP contribution < -0.4 is 11.5 Å². The van der Waals surface area contributed by atoms with Crippen LogP contribution >= 0.6 is 11.8 Å². The smallest absolute Gasteiger partial charge is 0.339 e. The van der Waals surface area contributed by atoms with Gasteiger partial charge in [0, 0.05) is 9.79 Å². The maximum Gasteiger partial charge on any atom is 0.339 e. The number of carbonyl (C=O) groups is 1. The number of nitrogens with two attached hydrogens (primary N) is 2. The van der Waals surface area contributed by atoms with E-state index >= 15 is 0 Å². The molecular formula is C14H14N2O2S. The Morgan fingerprint density at radius 3 is 2.53 bits per heavy atom. The fourth-order valence-electron chi connectivity index (χ4n) is 1.58. The summed E-state index contributed by atoms with van der Waals surface area (Å²) in [6.07, 6.45) is 0. The molecule has 0 aliphatic carbocycles. The molecule has 0 unspecified atom stereocenters. The first-order valence-corrected chi connectivity index (χ1v) is 6.43. The standard InChI is InChI=1S/C14H14N2O2S/c1-18-14(17)10-4-2-3-5-13(10)19-9-6-7-11(15)12(16)8-9/h2-8H,15-16H2,1H3. The van der Waals surface area contributed by atoms with Gasteiger partial charge in [0.25, 0.3) is 0 Å². The molecule has 0 aliphatic heterocycles. The van der Waals surface area contributed by atoms with Crippen molar-refractivity contribution < 1.29 is 9.53 Å². The monoisotopic (exact) mass is 274 g/mol. The molecule has 19 heavy (non-hydrogen) atoms. The van der Waals surface area contributed by atoms with E-state index in [0.717, 1.165) is 9.79 Å². The minimum Gasteiger partial charge on any atom is -0.465 e. The summed E-state index contributed by atoms with van der Waals surface area (Å²) < 4.78 is 4.76. The molecule has 0 bridgehead atoms. The van der Waals surface area contributed by atoms with E-state index in [1.54, 1.807) is 24.3 Å². The number of benzene rings is 2. The number of esters is 1. The predicted molar refractivity (Wildman–Crippen MR) is 77.2 cm³/mol. The number of nitrogen functional groups attached to an aromatic ring is 2. The molecule has 2 aromatic carbocycles. The van der Waals surface area contributed by atoms with Gasteiger partial charge in [0.05, 0.1) is 24.0 Å². The van der Waals surface area contributed by atoms with Crippen LogP contribution in [0.4, 0.5) is 11.4 Å². The van der Waals surface area contributed by atoms with Gasteiger partial charge < -0.3 is 16.2 Å². The van der Waals surface area contributed by atoms with Gasteiger partial charge in [-0.25, -0.2) is 4.79 Å². The van der Waals surface area contributed by atoms with Crippen LogP contribution in [-0.4, -0.2) is 13.1 Å². The second-order valence-corrected chi connectivity index (χ2v) is 5.00. The van der Waals surface area contributed by atoms with Gasteiger partial charge in [-0.2, -0.15) is 0 Å². The van der Waals surface area contributed by atoms with Gasteiger partial charge in [0.15, 0.2) is 0 Å². The lowest BCUT2D eigenvalue weighted by molar-refractivity contribution is 0.0597. The summed E-state index contributed by atoms with van der Waals surface area (Å²) in [5.74, 6) is -0.355. The predicted octanol–water partition coefficient (Wildman–Crippen LogP) is 2.79. The van der Waals surface area contributed by atoms with Crippen LogP contribution in [0.2, 0.25) is 0 Å². The Hall–Kier alpha value is -2.14. The van der Waals surface area contributed by atoms with Crippen LogP contribution in [0.3, 0.4) is 0 Å². The molecule has 4 N–H and O–H groups in total. The van der Waals surface area contributed by atoms with Crippen LogP contribution in [0.25, 0.3) is 0 Å². The lowest BCUT2D eigenvalue weighted by atomic mass is 10.2. The van der Waals surface area contributed by atoms with Gasteiger partial charge in [-0.3, -0.25) is 0 Å². The molecule has 2 aromatic rings. The van der Waals surface area contributed by atoms with Gasteiger partial charge in [0.1, 0.15) is 0 Å². The average molecular weight is 274 g/mol. The minimum absolute atomic E-state index is 0.355. The molecule has 0 saturated heterocycles. The Labute approximate surface area is 115 Å². The molecule has 0 saturated carbocycles. The first kappa shape index (κ1) is 13.3. The molecule has 0 spiro atoms. The third-order valence-electron chi connectivity index (χ3n) is 2.58. The fraction of sp³-hybridized carbons (Fsp3) is 0.0714. The van der Waals surface area contributed by atoms with Gasteiger partial charge in [-0.15, -0.1) is 0 Å². The van der Waals surface area contributed by atoms with Crippen molar-refractivity contribution in [2.24, 2.45) is 0 Å². The SMILES string of the molecule is COC(=O)c1ccccc1Sc1ccc(N)c(N)c1. The van der Waals surface area contributed by atoms with Crippen molar-refractivity contribution >= 4 is 29.1 Å². The number of rotatable bonds is 3. The molecule has 0 atom stereocenters. The normalized spacial score (nSPS) is 10.2. The molecule has 5 heteroatoms. The summed E-state index contributed by atoms with van der Waals surface area (Å²) in [6, 6.07) is 12.7. The van der Waals surface area contributed by atoms with Crippen molar-refractivity contribution in [3.8, 4) is 0 Å².